The van der Waals surface area contributed by atoms with Gasteiger partial charge in [-0.3, -0.25) is 0 Å². The summed E-state index contributed by atoms with van der Waals surface area (Å²) in [5.74, 6) is 0. The summed E-state index contributed by atoms with van der Waals surface area (Å²) in [7, 11) is 0. The molecule has 0 bridgehead atoms. The Labute approximate surface area is 153 Å². The van der Waals surface area contributed by atoms with E-state index < -0.39 is 0 Å². The molecule has 3 rings (SSSR count). The number of rotatable bonds is 6. The molecule has 0 spiro atoms. The van der Waals surface area contributed by atoms with Gasteiger partial charge in [-0.25, -0.2) is 4.79 Å². The van der Waals surface area contributed by atoms with Gasteiger partial charge in [-0.05, 0) is 43.0 Å². The molecule has 132 valence electrons. The average Bonchev–Trinajstić information content (AvgIpc) is 2.59. The Bertz CT molecular complexity index is 685. The first-order valence-corrected chi connectivity index (χ1v) is 8.96. The Morgan fingerprint density at radius 3 is 2.48 bits per heavy atom. The Morgan fingerprint density at radius 1 is 1.12 bits per heavy atom. The Hall–Kier alpha value is -2.04. The third-order valence-electron chi connectivity index (χ3n) is 4.53. The minimum atomic E-state index is -0.349. The van der Waals surface area contributed by atoms with Gasteiger partial charge in [0.05, 0.1) is 0 Å². The number of hydrogen-bond donors (Lipinski definition) is 2. The summed E-state index contributed by atoms with van der Waals surface area (Å²) in [6, 6.07) is 18.4. The van der Waals surface area contributed by atoms with Gasteiger partial charge in [-0.15, -0.1) is 0 Å². The molecule has 2 aromatic rings. The molecule has 25 heavy (non-hydrogen) atoms. The zero-order valence-corrected chi connectivity index (χ0v) is 15.0. The lowest BCUT2D eigenvalue weighted by atomic mass is 9.86. The second-order valence-corrected chi connectivity index (χ2v) is 6.95. The van der Waals surface area contributed by atoms with Gasteiger partial charge in [-0.1, -0.05) is 54.1 Å². The lowest BCUT2D eigenvalue weighted by molar-refractivity contribution is 0.124. The highest BCUT2D eigenvalue weighted by atomic mass is 35.5. The highest BCUT2D eigenvalue weighted by Gasteiger charge is 2.31. The molecule has 1 aliphatic rings. The van der Waals surface area contributed by atoms with Crippen LogP contribution in [0.4, 0.5) is 4.79 Å². The third-order valence-corrected chi connectivity index (χ3v) is 4.78. The number of carbonyl (C=O) groups excluding carboxylic acids is 1. The molecule has 2 N–H and O–H groups in total. The summed E-state index contributed by atoms with van der Waals surface area (Å²) >= 11 is 5.92. The van der Waals surface area contributed by atoms with E-state index in [0.717, 1.165) is 23.4 Å². The van der Waals surface area contributed by atoms with Crippen molar-refractivity contribution in [3.8, 4) is 0 Å². The number of benzene rings is 2. The lowest BCUT2D eigenvalue weighted by Crippen LogP contribution is -2.52. The van der Waals surface area contributed by atoms with Crippen molar-refractivity contribution in [2.75, 3.05) is 0 Å². The van der Waals surface area contributed by atoms with Crippen LogP contribution >= 0.6 is 11.6 Å². The topological polar surface area (TPSA) is 50.4 Å². The summed E-state index contributed by atoms with van der Waals surface area (Å²) in [5.41, 5.74) is 2.20. The van der Waals surface area contributed by atoms with Gasteiger partial charge in [0.1, 0.15) is 6.61 Å². The molecule has 1 unspecified atom stereocenters. The number of carbonyl (C=O) groups is 1. The number of alkyl carbamates (subject to hydrolysis) is 1. The Balaban J connectivity index is 1.35. The first-order valence-electron chi connectivity index (χ1n) is 8.59. The maximum atomic E-state index is 11.8. The fourth-order valence-corrected chi connectivity index (χ4v) is 3.13. The van der Waals surface area contributed by atoms with E-state index in [1.165, 1.54) is 5.56 Å². The molecule has 0 heterocycles. The Morgan fingerprint density at radius 2 is 1.80 bits per heavy atom. The predicted octanol–water partition coefficient (Wildman–Crippen LogP) is 4.45. The molecule has 0 aromatic heterocycles. The van der Waals surface area contributed by atoms with Gasteiger partial charge < -0.3 is 15.4 Å². The van der Waals surface area contributed by atoms with E-state index in [0.29, 0.717) is 12.6 Å². The van der Waals surface area contributed by atoms with Crippen LogP contribution in [0.1, 0.15) is 36.9 Å². The second-order valence-electron chi connectivity index (χ2n) is 6.51. The van der Waals surface area contributed by atoms with E-state index >= 15 is 0 Å². The van der Waals surface area contributed by atoms with Crippen LogP contribution in [-0.2, 0) is 11.3 Å². The normalized spacial score (nSPS) is 20.4. The number of nitrogens with one attached hydrogen (secondary N) is 2. The van der Waals surface area contributed by atoms with Gasteiger partial charge in [-0.2, -0.15) is 0 Å². The van der Waals surface area contributed by atoms with Crippen LogP contribution in [0.5, 0.6) is 0 Å². The van der Waals surface area contributed by atoms with Gasteiger partial charge in [0.2, 0.25) is 0 Å². The summed E-state index contributed by atoms with van der Waals surface area (Å²) < 4.78 is 5.25. The molecule has 2 aromatic carbocycles. The average molecular weight is 359 g/mol. The molecule has 0 radical (unpaired) electrons. The first-order chi connectivity index (χ1) is 12.1. The standard InChI is InChI=1S/C20H23ClN2O2/c1-14(16-7-9-17(21)10-8-16)22-18-11-19(12-18)23-20(24)25-13-15-5-3-2-4-6-15/h2-10,14,18-19,22H,11-13H2,1H3,(H,23,24). The zero-order valence-electron chi connectivity index (χ0n) is 14.2. The van der Waals surface area contributed by atoms with Crippen LogP contribution in [0, 0.1) is 0 Å². The molecule has 1 atom stereocenters. The monoisotopic (exact) mass is 358 g/mol. The highest BCUT2D eigenvalue weighted by Crippen LogP contribution is 2.24. The van der Waals surface area contributed by atoms with Crippen LogP contribution < -0.4 is 10.6 Å². The summed E-state index contributed by atoms with van der Waals surface area (Å²) in [6.07, 6.45) is 1.48. The molecular weight excluding hydrogens is 336 g/mol. The molecule has 5 heteroatoms. The van der Waals surface area contributed by atoms with Crippen molar-refractivity contribution in [3.63, 3.8) is 0 Å². The van der Waals surface area contributed by atoms with Crippen LogP contribution in [-0.4, -0.2) is 18.2 Å². The van der Waals surface area contributed by atoms with Gasteiger partial charge in [0.15, 0.2) is 0 Å². The number of amides is 1. The van der Waals surface area contributed by atoms with Crippen LogP contribution in [0.25, 0.3) is 0 Å². The molecule has 0 saturated heterocycles. The minimum Gasteiger partial charge on any atom is -0.445 e. The van der Waals surface area contributed by atoms with Crippen LogP contribution in [0.3, 0.4) is 0 Å². The number of ether oxygens (including phenoxy) is 1. The molecule has 1 saturated carbocycles. The van der Waals surface area contributed by atoms with Crippen molar-refractivity contribution in [3.05, 3.63) is 70.7 Å². The smallest absolute Gasteiger partial charge is 0.407 e. The largest absolute Gasteiger partial charge is 0.445 e. The van der Waals surface area contributed by atoms with E-state index in [-0.39, 0.29) is 18.2 Å². The SMILES string of the molecule is CC(NC1CC(NC(=O)OCc2ccccc2)C1)c1ccc(Cl)cc1. The second kappa shape index (κ2) is 8.37. The zero-order chi connectivity index (χ0) is 17.6. The molecule has 1 aliphatic carbocycles. The molecule has 0 aliphatic heterocycles. The Kier molecular flexibility index (Phi) is 5.95. The number of halogens is 1. The summed E-state index contributed by atoms with van der Waals surface area (Å²) in [6.45, 7) is 2.44. The molecule has 4 nitrogen and oxygen atoms in total. The third kappa shape index (κ3) is 5.21. The fraction of sp³-hybridized carbons (Fsp3) is 0.350. The minimum absolute atomic E-state index is 0.179. The van der Waals surface area contributed by atoms with Crippen LogP contribution in [0.15, 0.2) is 54.6 Å². The maximum absolute atomic E-state index is 11.8. The van der Waals surface area contributed by atoms with E-state index in [1.807, 2.05) is 54.6 Å². The lowest BCUT2D eigenvalue weighted by Gasteiger charge is -2.38. The van der Waals surface area contributed by atoms with Crippen molar-refractivity contribution in [1.29, 1.82) is 0 Å². The molecular formula is C20H23ClN2O2. The van der Waals surface area contributed by atoms with Gasteiger partial charge in [0.25, 0.3) is 0 Å². The molecule has 1 amide bonds. The predicted molar refractivity (Wildman–Crippen MR) is 99.6 cm³/mol. The van der Waals surface area contributed by atoms with Crippen molar-refractivity contribution in [1.82, 2.24) is 10.6 Å². The maximum Gasteiger partial charge on any atom is 0.407 e. The summed E-state index contributed by atoms with van der Waals surface area (Å²) in [5, 5.41) is 7.24. The van der Waals surface area contributed by atoms with Gasteiger partial charge in [0, 0.05) is 23.1 Å². The van der Waals surface area contributed by atoms with Gasteiger partial charge >= 0.3 is 6.09 Å². The van der Waals surface area contributed by atoms with Crippen molar-refractivity contribution in [2.24, 2.45) is 0 Å². The first kappa shape index (κ1) is 17.8. The van der Waals surface area contributed by atoms with E-state index in [9.17, 15) is 4.79 Å². The number of hydrogen-bond acceptors (Lipinski definition) is 3. The van der Waals surface area contributed by atoms with E-state index in [1.54, 1.807) is 0 Å². The van der Waals surface area contributed by atoms with Crippen molar-refractivity contribution < 1.29 is 9.53 Å². The quantitative estimate of drug-likeness (QED) is 0.802. The highest BCUT2D eigenvalue weighted by molar-refractivity contribution is 6.30. The summed E-state index contributed by atoms with van der Waals surface area (Å²) in [4.78, 5) is 11.8. The van der Waals surface area contributed by atoms with E-state index in [2.05, 4.69) is 17.6 Å². The van der Waals surface area contributed by atoms with Crippen LogP contribution in [0.2, 0.25) is 5.02 Å². The molecule has 1 fully saturated rings. The van der Waals surface area contributed by atoms with Crippen molar-refractivity contribution >= 4 is 17.7 Å². The fourth-order valence-electron chi connectivity index (χ4n) is 3.00. The van der Waals surface area contributed by atoms with E-state index in [4.69, 9.17) is 16.3 Å². The van der Waals surface area contributed by atoms with Crippen molar-refractivity contribution in [2.45, 2.75) is 44.5 Å².